The van der Waals surface area contributed by atoms with Gasteiger partial charge in [0.05, 0.1) is 26.9 Å². The molecule has 0 aliphatic carbocycles. The molecule has 0 saturated heterocycles. The number of furan rings is 1. The molecule has 7 aromatic carbocycles. The van der Waals surface area contributed by atoms with E-state index in [1.165, 1.54) is 53.7 Å². The molecule has 3 aromatic heterocycles. The fourth-order valence-electron chi connectivity index (χ4n) is 6.97. The highest BCUT2D eigenvalue weighted by atomic mass is 32.1. The van der Waals surface area contributed by atoms with E-state index in [1.54, 1.807) is 11.3 Å². The summed E-state index contributed by atoms with van der Waals surface area (Å²) in [7, 11) is 0. The quantitative estimate of drug-likeness (QED) is 0.208. The van der Waals surface area contributed by atoms with Gasteiger partial charge in [-0.3, -0.25) is 0 Å². The lowest BCUT2D eigenvalue weighted by atomic mass is 10.0. The number of benzene rings is 7. The maximum absolute atomic E-state index is 6.18. The number of nitrogens with zero attached hydrogens (tertiary/aromatic N) is 2. The van der Waals surface area contributed by atoms with Crippen LogP contribution in [-0.4, -0.2) is 9.55 Å². The molecule has 0 amide bonds. The number of para-hydroxylation sites is 2. The van der Waals surface area contributed by atoms with Crippen molar-refractivity contribution in [2.24, 2.45) is 0 Å². The van der Waals surface area contributed by atoms with Crippen molar-refractivity contribution in [3.63, 3.8) is 0 Å². The van der Waals surface area contributed by atoms with Gasteiger partial charge in [-0.05, 0) is 58.6 Å². The standard InChI is InChI=1S/C39H22N2OS/c1-2-10-24-23(9-1)17-20-33-36(24)28-13-5-7-15-31(28)41(33)32-21-18-27(25-11-3-4-12-26(25)32)39-40-30-19-22-35-37(38(30)43-39)29-14-6-8-16-34(29)42-35/h1-22H. The van der Waals surface area contributed by atoms with Crippen LogP contribution in [-0.2, 0) is 0 Å². The first-order chi connectivity index (χ1) is 21.3. The van der Waals surface area contributed by atoms with Crippen LogP contribution < -0.4 is 0 Å². The van der Waals surface area contributed by atoms with Crippen molar-refractivity contribution in [1.82, 2.24) is 9.55 Å². The summed E-state index contributed by atoms with van der Waals surface area (Å²) < 4.78 is 9.78. The maximum atomic E-state index is 6.18. The normalized spacial score (nSPS) is 12.2. The van der Waals surface area contributed by atoms with Gasteiger partial charge in [-0.1, -0.05) is 91.0 Å². The van der Waals surface area contributed by atoms with Gasteiger partial charge in [-0.25, -0.2) is 4.98 Å². The number of hydrogen-bond donors (Lipinski definition) is 0. The van der Waals surface area contributed by atoms with Crippen molar-refractivity contribution in [1.29, 1.82) is 0 Å². The zero-order valence-corrected chi connectivity index (χ0v) is 23.7. The molecular weight excluding hydrogens is 545 g/mol. The third-order valence-corrected chi connectivity index (χ3v) is 9.95. The van der Waals surface area contributed by atoms with E-state index in [0.29, 0.717) is 0 Å². The molecule has 0 unspecified atom stereocenters. The van der Waals surface area contributed by atoms with E-state index >= 15 is 0 Å². The fourth-order valence-corrected chi connectivity index (χ4v) is 8.13. The summed E-state index contributed by atoms with van der Waals surface area (Å²) in [6, 6.07) is 47.6. The Kier molecular flexibility index (Phi) is 4.60. The van der Waals surface area contributed by atoms with Gasteiger partial charge in [0.2, 0.25) is 0 Å². The second kappa shape index (κ2) is 8.54. The van der Waals surface area contributed by atoms with Crippen molar-refractivity contribution < 1.29 is 4.42 Å². The molecule has 0 atom stereocenters. The zero-order valence-electron chi connectivity index (χ0n) is 22.9. The average Bonchev–Trinajstić information content (AvgIpc) is 3.76. The molecule has 4 heteroatoms. The van der Waals surface area contributed by atoms with Crippen molar-refractivity contribution in [2.75, 3.05) is 0 Å². The smallest absolute Gasteiger partial charge is 0.137 e. The molecule has 43 heavy (non-hydrogen) atoms. The zero-order chi connectivity index (χ0) is 28.1. The minimum Gasteiger partial charge on any atom is -0.456 e. The first-order valence-electron chi connectivity index (χ1n) is 14.5. The van der Waals surface area contributed by atoms with Crippen LogP contribution in [0.1, 0.15) is 0 Å². The molecule has 0 aliphatic rings. The first-order valence-corrected chi connectivity index (χ1v) is 15.3. The van der Waals surface area contributed by atoms with Crippen molar-refractivity contribution in [3.05, 3.63) is 133 Å². The Morgan fingerprint density at radius 1 is 0.512 bits per heavy atom. The molecule has 0 N–H and O–H groups in total. The molecule has 10 aromatic rings. The Morgan fingerprint density at radius 3 is 2.16 bits per heavy atom. The molecule has 200 valence electrons. The van der Waals surface area contributed by atoms with Crippen LogP contribution in [0.25, 0.3) is 91.8 Å². The molecule has 3 nitrogen and oxygen atoms in total. The maximum Gasteiger partial charge on any atom is 0.137 e. The van der Waals surface area contributed by atoms with E-state index in [1.807, 2.05) is 18.2 Å². The molecule has 0 aliphatic heterocycles. The largest absolute Gasteiger partial charge is 0.456 e. The fraction of sp³-hybridized carbons (Fsp3) is 0. The minimum atomic E-state index is 0.906. The molecule has 0 radical (unpaired) electrons. The molecule has 10 rings (SSSR count). The van der Waals surface area contributed by atoms with Crippen LogP contribution in [0.4, 0.5) is 0 Å². The van der Waals surface area contributed by atoms with Gasteiger partial charge in [0, 0.05) is 32.5 Å². The minimum absolute atomic E-state index is 0.906. The predicted octanol–water partition coefficient (Wildman–Crippen LogP) is 11.3. The number of fused-ring (bicyclic) bond motifs is 11. The van der Waals surface area contributed by atoms with Crippen LogP contribution in [0.15, 0.2) is 138 Å². The molecule has 0 spiro atoms. The van der Waals surface area contributed by atoms with E-state index in [-0.39, 0.29) is 0 Å². The summed E-state index contributed by atoms with van der Waals surface area (Å²) >= 11 is 1.75. The Bertz CT molecular complexity index is 2740. The molecule has 0 bridgehead atoms. The molecule has 3 heterocycles. The summed E-state index contributed by atoms with van der Waals surface area (Å²) in [6.07, 6.45) is 0. The Balaban J connectivity index is 1.26. The van der Waals surface area contributed by atoms with Crippen molar-refractivity contribution in [3.8, 4) is 16.3 Å². The number of hydrogen-bond acceptors (Lipinski definition) is 3. The summed E-state index contributed by atoms with van der Waals surface area (Å²) in [5, 5.41) is 10.8. The van der Waals surface area contributed by atoms with Gasteiger partial charge in [0.25, 0.3) is 0 Å². The third kappa shape index (κ3) is 3.16. The second-order valence-electron chi connectivity index (χ2n) is 11.1. The van der Waals surface area contributed by atoms with Crippen molar-refractivity contribution in [2.45, 2.75) is 0 Å². The highest BCUT2D eigenvalue weighted by molar-refractivity contribution is 7.22. The van der Waals surface area contributed by atoms with E-state index in [9.17, 15) is 0 Å². The van der Waals surface area contributed by atoms with Gasteiger partial charge < -0.3 is 8.98 Å². The summed E-state index contributed by atoms with van der Waals surface area (Å²) in [5.74, 6) is 0. The van der Waals surface area contributed by atoms with E-state index < -0.39 is 0 Å². The first kappa shape index (κ1) is 23.1. The average molecular weight is 567 g/mol. The number of rotatable bonds is 2. The summed E-state index contributed by atoms with van der Waals surface area (Å²) in [4.78, 5) is 5.17. The highest BCUT2D eigenvalue weighted by Gasteiger charge is 2.19. The monoisotopic (exact) mass is 566 g/mol. The lowest BCUT2D eigenvalue weighted by molar-refractivity contribution is 0.669. The van der Waals surface area contributed by atoms with E-state index in [0.717, 1.165) is 38.0 Å². The highest BCUT2D eigenvalue weighted by Crippen LogP contribution is 2.43. The van der Waals surface area contributed by atoms with Crippen molar-refractivity contribution >= 4 is 86.8 Å². The van der Waals surface area contributed by atoms with E-state index in [4.69, 9.17) is 9.40 Å². The third-order valence-electron chi connectivity index (χ3n) is 8.83. The van der Waals surface area contributed by atoms with Gasteiger partial charge in [-0.15, -0.1) is 11.3 Å². The van der Waals surface area contributed by atoms with Crippen LogP contribution >= 0.6 is 11.3 Å². The molecule has 0 fully saturated rings. The van der Waals surface area contributed by atoms with E-state index in [2.05, 4.69) is 120 Å². The second-order valence-corrected chi connectivity index (χ2v) is 12.1. The number of thiazole rings is 1. The van der Waals surface area contributed by atoms with Crippen LogP contribution in [0.5, 0.6) is 0 Å². The van der Waals surface area contributed by atoms with Gasteiger partial charge in [0.1, 0.15) is 16.2 Å². The molecule has 0 saturated carbocycles. The predicted molar refractivity (Wildman–Crippen MR) is 182 cm³/mol. The summed E-state index contributed by atoms with van der Waals surface area (Å²) in [5.41, 5.74) is 7.56. The van der Waals surface area contributed by atoms with Gasteiger partial charge >= 0.3 is 0 Å². The van der Waals surface area contributed by atoms with Gasteiger partial charge in [0.15, 0.2) is 0 Å². The Morgan fingerprint density at radius 2 is 1.26 bits per heavy atom. The van der Waals surface area contributed by atoms with Crippen LogP contribution in [0.2, 0.25) is 0 Å². The molecular formula is C39H22N2OS. The lowest BCUT2D eigenvalue weighted by Gasteiger charge is -2.14. The summed E-state index contributed by atoms with van der Waals surface area (Å²) in [6.45, 7) is 0. The van der Waals surface area contributed by atoms with Crippen LogP contribution in [0, 0.1) is 0 Å². The topological polar surface area (TPSA) is 31.0 Å². The van der Waals surface area contributed by atoms with Crippen LogP contribution in [0.3, 0.4) is 0 Å². The van der Waals surface area contributed by atoms with Gasteiger partial charge in [-0.2, -0.15) is 0 Å². The Labute approximate surface area is 249 Å². The SMILES string of the molecule is c1ccc2c(c1)ccc1c2c2ccccc2n1-c1ccc(-c2nc3ccc4oc5ccccc5c4c3s2)c2ccccc12. The number of aromatic nitrogens is 2. The Hall–Kier alpha value is -5.45. The lowest BCUT2D eigenvalue weighted by Crippen LogP contribution is -1.96.